The van der Waals surface area contributed by atoms with Crippen LogP contribution in [0, 0.1) is 5.82 Å². The van der Waals surface area contributed by atoms with E-state index in [1.165, 1.54) is 36.4 Å². The topological polar surface area (TPSA) is 76.1 Å². The minimum Gasteiger partial charge on any atom is -0.507 e. The summed E-state index contributed by atoms with van der Waals surface area (Å²) in [6, 6.07) is 11.8. The molecule has 0 bridgehead atoms. The van der Waals surface area contributed by atoms with Gasteiger partial charge in [0.05, 0.1) is 36.0 Å². The van der Waals surface area contributed by atoms with E-state index in [2.05, 4.69) is 0 Å². The van der Waals surface area contributed by atoms with Gasteiger partial charge in [0, 0.05) is 11.8 Å². The number of halogens is 4. The molecule has 0 aliphatic carbocycles. The smallest absolute Gasteiger partial charge is 0.416 e. The van der Waals surface area contributed by atoms with Gasteiger partial charge in [-0.3, -0.25) is 14.5 Å². The van der Waals surface area contributed by atoms with Gasteiger partial charge in [-0.25, -0.2) is 4.39 Å². The SMILES string of the molecule is CCOc1ccc(/C(O)=C2/C(=O)C(=O)N(c3cccc(C(F)(F)F)c3)C2c2ccc(F)cc2)c(OCC)c1. The quantitative estimate of drug-likeness (QED) is 0.169. The van der Waals surface area contributed by atoms with Crippen molar-refractivity contribution in [2.45, 2.75) is 26.1 Å². The lowest BCUT2D eigenvalue weighted by atomic mass is 9.94. The highest BCUT2D eigenvalue weighted by Gasteiger charge is 2.47. The van der Waals surface area contributed by atoms with Gasteiger partial charge in [0.1, 0.15) is 23.1 Å². The van der Waals surface area contributed by atoms with Crippen molar-refractivity contribution in [1.29, 1.82) is 0 Å². The molecule has 1 atom stereocenters. The molecule has 0 radical (unpaired) electrons. The van der Waals surface area contributed by atoms with Gasteiger partial charge in [-0.1, -0.05) is 18.2 Å². The number of aliphatic hydroxyl groups excluding tert-OH is 1. The van der Waals surface area contributed by atoms with E-state index in [1.54, 1.807) is 13.8 Å². The van der Waals surface area contributed by atoms with Gasteiger partial charge in [0.15, 0.2) is 0 Å². The number of hydrogen-bond acceptors (Lipinski definition) is 5. The summed E-state index contributed by atoms with van der Waals surface area (Å²) >= 11 is 0. The highest BCUT2D eigenvalue weighted by atomic mass is 19.4. The van der Waals surface area contributed by atoms with Gasteiger partial charge in [0.25, 0.3) is 11.7 Å². The lowest BCUT2D eigenvalue weighted by Gasteiger charge is -2.26. The number of hydrogen-bond donors (Lipinski definition) is 1. The van der Waals surface area contributed by atoms with Crippen molar-refractivity contribution < 1.29 is 41.7 Å². The molecule has 3 aromatic carbocycles. The minimum atomic E-state index is -4.70. The molecule has 1 saturated heterocycles. The summed E-state index contributed by atoms with van der Waals surface area (Å²) in [5, 5.41) is 11.4. The Morgan fingerprint density at radius 3 is 2.26 bits per heavy atom. The Kier molecular flexibility index (Phi) is 7.43. The number of carbonyl (C=O) groups is 2. The number of carbonyl (C=O) groups excluding carboxylic acids is 2. The molecule has 1 fully saturated rings. The molecule has 1 unspecified atom stereocenters. The van der Waals surface area contributed by atoms with E-state index >= 15 is 0 Å². The largest absolute Gasteiger partial charge is 0.507 e. The summed E-state index contributed by atoms with van der Waals surface area (Å²) in [6.07, 6.45) is -4.70. The molecule has 1 aliphatic heterocycles. The van der Waals surface area contributed by atoms with Crippen LogP contribution in [0.1, 0.15) is 36.6 Å². The first-order valence-electron chi connectivity index (χ1n) is 11.7. The van der Waals surface area contributed by atoms with Gasteiger partial charge in [0.2, 0.25) is 0 Å². The van der Waals surface area contributed by atoms with Gasteiger partial charge in [-0.05, 0) is 61.9 Å². The number of rotatable bonds is 7. The maximum absolute atomic E-state index is 13.7. The fraction of sp³-hybridized carbons (Fsp3) is 0.214. The molecule has 0 aromatic heterocycles. The molecule has 4 rings (SSSR count). The van der Waals surface area contributed by atoms with Crippen LogP contribution in [0.5, 0.6) is 11.5 Å². The van der Waals surface area contributed by atoms with Crippen LogP contribution in [-0.4, -0.2) is 30.0 Å². The Morgan fingerprint density at radius 1 is 0.947 bits per heavy atom. The van der Waals surface area contributed by atoms with Crippen LogP contribution in [-0.2, 0) is 15.8 Å². The van der Waals surface area contributed by atoms with Crippen molar-refractivity contribution in [2.24, 2.45) is 0 Å². The molecular weight excluding hydrogens is 506 g/mol. The van der Waals surface area contributed by atoms with Crippen LogP contribution in [0.25, 0.3) is 5.76 Å². The number of ether oxygens (including phenoxy) is 2. The van der Waals surface area contributed by atoms with E-state index in [1.807, 2.05) is 0 Å². The van der Waals surface area contributed by atoms with Gasteiger partial charge >= 0.3 is 6.18 Å². The molecule has 1 amide bonds. The zero-order valence-corrected chi connectivity index (χ0v) is 20.4. The predicted molar refractivity (Wildman–Crippen MR) is 131 cm³/mol. The first-order valence-corrected chi connectivity index (χ1v) is 11.7. The number of benzene rings is 3. The molecular formula is C28H23F4NO5. The van der Waals surface area contributed by atoms with Crippen molar-refractivity contribution in [3.8, 4) is 11.5 Å². The van der Waals surface area contributed by atoms with E-state index in [0.717, 1.165) is 35.2 Å². The Balaban J connectivity index is 1.95. The van der Waals surface area contributed by atoms with E-state index in [9.17, 15) is 32.3 Å². The Hall–Kier alpha value is -4.34. The summed E-state index contributed by atoms with van der Waals surface area (Å²) < 4.78 is 65.1. The van der Waals surface area contributed by atoms with Crippen LogP contribution in [0.15, 0.2) is 72.3 Å². The fourth-order valence-electron chi connectivity index (χ4n) is 4.27. The first-order chi connectivity index (χ1) is 18.1. The molecule has 6 nitrogen and oxygen atoms in total. The van der Waals surface area contributed by atoms with Crippen LogP contribution in [0.2, 0.25) is 0 Å². The average Bonchev–Trinajstić information content (AvgIpc) is 3.14. The molecule has 1 aliphatic rings. The monoisotopic (exact) mass is 529 g/mol. The van der Waals surface area contributed by atoms with E-state index in [0.29, 0.717) is 12.4 Å². The zero-order chi connectivity index (χ0) is 27.6. The molecule has 3 aromatic rings. The Bertz CT molecular complexity index is 1400. The average molecular weight is 529 g/mol. The zero-order valence-electron chi connectivity index (χ0n) is 20.4. The maximum atomic E-state index is 13.7. The number of aliphatic hydroxyl groups is 1. The lowest BCUT2D eigenvalue weighted by Crippen LogP contribution is -2.29. The molecule has 1 heterocycles. The molecule has 0 spiro atoms. The van der Waals surface area contributed by atoms with E-state index < -0.39 is 41.0 Å². The second kappa shape index (κ2) is 10.6. The normalized spacial score (nSPS) is 17.1. The molecule has 0 saturated carbocycles. The standard InChI is InChI=1S/C28H23F4NO5/c1-3-37-20-12-13-21(22(15-20)38-4-2)25(34)23-24(16-8-10-18(29)11-9-16)33(27(36)26(23)35)19-7-5-6-17(14-19)28(30,31)32/h5-15,24,34H,3-4H2,1-2H3/b25-23-. The van der Waals surface area contributed by atoms with Crippen LogP contribution >= 0.6 is 0 Å². The van der Waals surface area contributed by atoms with Crippen molar-refractivity contribution in [3.63, 3.8) is 0 Å². The lowest BCUT2D eigenvalue weighted by molar-refractivity contribution is -0.137. The molecule has 1 N–H and O–H groups in total. The van der Waals surface area contributed by atoms with Gasteiger partial charge in [-0.15, -0.1) is 0 Å². The second-order valence-electron chi connectivity index (χ2n) is 8.29. The summed E-state index contributed by atoms with van der Waals surface area (Å²) in [5.74, 6) is -2.87. The number of nitrogens with zero attached hydrogens (tertiary/aromatic N) is 1. The first kappa shape index (κ1) is 26.7. The molecule has 38 heavy (non-hydrogen) atoms. The third-order valence-corrected chi connectivity index (χ3v) is 5.90. The third kappa shape index (κ3) is 5.06. The Morgan fingerprint density at radius 2 is 1.63 bits per heavy atom. The van der Waals surface area contributed by atoms with Crippen molar-refractivity contribution in [2.75, 3.05) is 18.1 Å². The second-order valence-corrected chi connectivity index (χ2v) is 8.29. The number of Topliss-reactive ketones (excluding diaryl/α,β-unsaturated/α-hetero) is 1. The number of amides is 1. The predicted octanol–water partition coefficient (Wildman–Crippen LogP) is 6.27. The van der Waals surface area contributed by atoms with Crippen molar-refractivity contribution in [1.82, 2.24) is 0 Å². The van der Waals surface area contributed by atoms with Crippen molar-refractivity contribution in [3.05, 3.63) is 94.8 Å². The van der Waals surface area contributed by atoms with E-state index in [-0.39, 0.29) is 34.7 Å². The Labute approximate surface area is 215 Å². The van der Waals surface area contributed by atoms with Gasteiger partial charge < -0.3 is 14.6 Å². The van der Waals surface area contributed by atoms with Crippen molar-refractivity contribution >= 4 is 23.1 Å². The third-order valence-electron chi connectivity index (χ3n) is 5.90. The summed E-state index contributed by atoms with van der Waals surface area (Å²) in [7, 11) is 0. The maximum Gasteiger partial charge on any atom is 0.416 e. The fourth-order valence-corrected chi connectivity index (χ4v) is 4.27. The van der Waals surface area contributed by atoms with Crippen LogP contribution < -0.4 is 14.4 Å². The number of alkyl halides is 3. The molecule has 10 heteroatoms. The summed E-state index contributed by atoms with van der Waals surface area (Å²) in [6.45, 7) is 4.06. The van der Waals surface area contributed by atoms with Gasteiger partial charge in [-0.2, -0.15) is 13.2 Å². The summed E-state index contributed by atoms with van der Waals surface area (Å²) in [5.41, 5.74) is -1.35. The highest BCUT2D eigenvalue weighted by Crippen LogP contribution is 2.44. The number of ketones is 1. The molecule has 198 valence electrons. The summed E-state index contributed by atoms with van der Waals surface area (Å²) in [4.78, 5) is 27.4. The van der Waals surface area contributed by atoms with Crippen LogP contribution in [0.3, 0.4) is 0 Å². The highest BCUT2D eigenvalue weighted by molar-refractivity contribution is 6.51. The van der Waals surface area contributed by atoms with E-state index in [4.69, 9.17) is 9.47 Å². The van der Waals surface area contributed by atoms with Crippen LogP contribution in [0.4, 0.5) is 23.2 Å². The minimum absolute atomic E-state index is 0.0736. The number of anilines is 1.